The van der Waals surface area contributed by atoms with Crippen molar-refractivity contribution in [1.82, 2.24) is 0 Å². The maximum Gasteiger partial charge on any atom is 0.163 e. The first-order chi connectivity index (χ1) is 9.99. The average molecular weight is 311 g/mol. The van der Waals surface area contributed by atoms with Crippen LogP contribution >= 0.6 is 11.6 Å². The highest BCUT2D eigenvalue weighted by Gasteiger charge is 2.11. The van der Waals surface area contributed by atoms with Gasteiger partial charge in [0.05, 0.1) is 0 Å². The van der Waals surface area contributed by atoms with Crippen LogP contribution in [0, 0.1) is 5.82 Å². The molecule has 3 heteroatoms. The van der Waals surface area contributed by atoms with Gasteiger partial charge in [0.2, 0.25) is 0 Å². The molecule has 0 aromatic heterocycles. The van der Waals surface area contributed by atoms with Crippen LogP contribution < -0.4 is 0 Å². The number of hydrogen-bond donors (Lipinski definition) is 0. The van der Waals surface area contributed by atoms with Crippen LogP contribution in [0.1, 0.15) is 46.6 Å². The van der Waals surface area contributed by atoms with Gasteiger partial charge in [0, 0.05) is 17.9 Å². The summed E-state index contributed by atoms with van der Waals surface area (Å²) in [6.45, 7) is 9.71. The van der Waals surface area contributed by atoms with E-state index in [9.17, 15) is 9.18 Å². The monoisotopic (exact) mass is 310 g/mol. The number of hydrogen-bond acceptors (Lipinski definition) is 1. The van der Waals surface area contributed by atoms with Crippen LogP contribution in [0.15, 0.2) is 41.5 Å². The zero-order chi connectivity index (χ0) is 16.4. The smallest absolute Gasteiger partial charge is 0.163 e. The standard InChI is InChI=1S/C16H18ClFO.C2H6/c1-4-16(19)15(9-13(10-17)11(2)3)12-5-7-14(18)8-6-12;1-2/h5-9H,4,10H2,1-3H3;1-2H3/b15-9-;. The minimum absolute atomic E-state index is 0.0236. The number of benzene rings is 1. The van der Waals surface area contributed by atoms with Crippen molar-refractivity contribution in [1.29, 1.82) is 0 Å². The van der Waals surface area contributed by atoms with Crippen molar-refractivity contribution in [3.05, 3.63) is 52.9 Å². The predicted molar refractivity (Wildman–Crippen MR) is 90.1 cm³/mol. The van der Waals surface area contributed by atoms with E-state index < -0.39 is 0 Å². The molecular weight excluding hydrogens is 287 g/mol. The molecule has 0 aliphatic rings. The molecule has 0 saturated carbocycles. The van der Waals surface area contributed by atoms with Gasteiger partial charge < -0.3 is 0 Å². The van der Waals surface area contributed by atoms with Crippen LogP contribution in [0.5, 0.6) is 0 Å². The SMILES string of the molecule is CC.CCC(=O)/C(=C\C(CCl)=C(C)C)c1ccc(F)cc1. The summed E-state index contributed by atoms with van der Waals surface area (Å²) < 4.78 is 13.0. The third-order valence-corrected chi connectivity index (χ3v) is 3.17. The fraction of sp³-hybridized carbons (Fsp3) is 0.389. The molecule has 0 bridgehead atoms. The van der Waals surface area contributed by atoms with E-state index in [1.54, 1.807) is 18.2 Å². The molecule has 0 heterocycles. The van der Waals surface area contributed by atoms with Crippen LogP contribution in [0.2, 0.25) is 0 Å². The number of Topliss-reactive ketones (excluding diaryl/α,β-unsaturated/α-hetero) is 1. The van der Waals surface area contributed by atoms with Crippen LogP contribution in [0.3, 0.4) is 0 Å². The Labute approximate surface area is 132 Å². The number of allylic oxidation sites excluding steroid dienone is 4. The molecule has 1 rings (SSSR count). The number of alkyl halides is 1. The summed E-state index contributed by atoms with van der Waals surface area (Å²) >= 11 is 5.89. The summed E-state index contributed by atoms with van der Waals surface area (Å²) in [6.07, 6.45) is 2.21. The molecule has 0 saturated heterocycles. The quantitative estimate of drug-likeness (QED) is 0.382. The van der Waals surface area contributed by atoms with Gasteiger partial charge in [-0.15, -0.1) is 11.6 Å². The summed E-state index contributed by atoms with van der Waals surface area (Å²) in [4.78, 5) is 12.0. The Balaban J connectivity index is 0.00000191. The fourth-order valence-corrected chi connectivity index (χ4v) is 1.98. The fourth-order valence-electron chi connectivity index (χ4n) is 1.64. The molecule has 1 nitrogen and oxygen atoms in total. The Bertz CT molecular complexity index is 509. The van der Waals surface area contributed by atoms with Crippen LogP contribution in [-0.4, -0.2) is 11.7 Å². The zero-order valence-electron chi connectivity index (χ0n) is 13.5. The molecule has 0 N–H and O–H groups in total. The number of ketones is 1. The minimum Gasteiger partial charge on any atom is -0.294 e. The first kappa shape index (κ1) is 19.6. The molecule has 1 aromatic carbocycles. The summed E-state index contributed by atoms with van der Waals surface area (Å²) in [5, 5.41) is 0. The maximum absolute atomic E-state index is 13.0. The first-order valence-electron chi connectivity index (χ1n) is 7.22. The predicted octanol–water partition coefficient (Wildman–Crippen LogP) is 5.79. The van der Waals surface area contributed by atoms with Crippen molar-refractivity contribution in [2.24, 2.45) is 0 Å². The highest BCUT2D eigenvalue weighted by molar-refractivity contribution is 6.23. The summed E-state index contributed by atoms with van der Waals surface area (Å²) in [7, 11) is 0. The Morgan fingerprint density at radius 2 is 1.71 bits per heavy atom. The minimum atomic E-state index is -0.313. The van der Waals surface area contributed by atoms with Gasteiger partial charge in [0.15, 0.2) is 5.78 Å². The summed E-state index contributed by atoms with van der Waals surface area (Å²) in [5.74, 6) is 0.0617. The van der Waals surface area contributed by atoms with E-state index in [1.807, 2.05) is 34.6 Å². The number of halogens is 2. The van der Waals surface area contributed by atoms with Crippen LogP contribution in [0.25, 0.3) is 5.57 Å². The summed E-state index contributed by atoms with van der Waals surface area (Å²) in [5.41, 5.74) is 3.29. The topological polar surface area (TPSA) is 17.1 Å². The highest BCUT2D eigenvalue weighted by Crippen LogP contribution is 2.21. The molecule has 0 aliphatic carbocycles. The Kier molecular flexibility index (Phi) is 9.64. The van der Waals surface area contributed by atoms with E-state index in [-0.39, 0.29) is 11.6 Å². The van der Waals surface area contributed by atoms with Gasteiger partial charge in [-0.05, 0) is 43.2 Å². The van der Waals surface area contributed by atoms with Gasteiger partial charge in [-0.25, -0.2) is 4.39 Å². The molecule has 0 aliphatic heterocycles. The third kappa shape index (κ3) is 6.26. The second-order valence-corrected chi connectivity index (χ2v) is 4.77. The van der Waals surface area contributed by atoms with Gasteiger partial charge in [-0.1, -0.05) is 38.5 Å². The van der Waals surface area contributed by atoms with Crippen molar-refractivity contribution in [3.63, 3.8) is 0 Å². The molecule has 21 heavy (non-hydrogen) atoms. The van der Waals surface area contributed by atoms with Crippen molar-refractivity contribution in [2.75, 3.05) is 5.88 Å². The van der Waals surface area contributed by atoms with Gasteiger partial charge in [-0.2, -0.15) is 0 Å². The number of carbonyl (C=O) groups excluding carboxylic acids is 1. The molecule has 1 aromatic rings. The largest absolute Gasteiger partial charge is 0.294 e. The lowest BCUT2D eigenvalue weighted by molar-refractivity contribution is -0.113. The lowest BCUT2D eigenvalue weighted by Gasteiger charge is -2.08. The highest BCUT2D eigenvalue weighted by atomic mass is 35.5. The first-order valence-corrected chi connectivity index (χ1v) is 7.76. The molecule has 0 fully saturated rings. The van der Waals surface area contributed by atoms with Crippen LogP contribution in [-0.2, 0) is 4.79 Å². The Morgan fingerprint density at radius 3 is 2.10 bits per heavy atom. The zero-order valence-corrected chi connectivity index (χ0v) is 14.2. The summed E-state index contributed by atoms with van der Waals surface area (Å²) in [6, 6.07) is 5.95. The molecular formula is C18H24ClFO. The maximum atomic E-state index is 13.0. The number of carbonyl (C=O) groups is 1. The van der Waals surface area contributed by atoms with E-state index >= 15 is 0 Å². The second kappa shape index (κ2) is 10.3. The van der Waals surface area contributed by atoms with Gasteiger partial charge in [0.1, 0.15) is 5.82 Å². The van der Waals surface area contributed by atoms with Crippen molar-refractivity contribution >= 4 is 23.0 Å². The normalized spacial score (nSPS) is 10.5. The molecule has 0 amide bonds. The number of rotatable bonds is 5. The van der Waals surface area contributed by atoms with Gasteiger partial charge in [-0.3, -0.25) is 4.79 Å². The molecule has 0 unspecified atom stereocenters. The van der Waals surface area contributed by atoms with E-state index in [0.717, 1.165) is 16.7 Å². The van der Waals surface area contributed by atoms with Gasteiger partial charge >= 0.3 is 0 Å². The Morgan fingerprint density at radius 1 is 1.19 bits per heavy atom. The van der Waals surface area contributed by atoms with Crippen LogP contribution in [0.4, 0.5) is 4.39 Å². The van der Waals surface area contributed by atoms with Crippen molar-refractivity contribution < 1.29 is 9.18 Å². The van der Waals surface area contributed by atoms with E-state index in [2.05, 4.69) is 0 Å². The molecule has 116 valence electrons. The van der Waals surface area contributed by atoms with E-state index in [1.165, 1.54) is 12.1 Å². The second-order valence-electron chi connectivity index (χ2n) is 4.50. The van der Waals surface area contributed by atoms with E-state index in [4.69, 9.17) is 11.6 Å². The van der Waals surface area contributed by atoms with Crippen molar-refractivity contribution in [3.8, 4) is 0 Å². The van der Waals surface area contributed by atoms with Crippen molar-refractivity contribution in [2.45, 2.75) is 41.0 Å². The Hall–Kier alpha value is -1.41. The van der Waals surface area contributed by atoms with E-state index in [0.29, 0.717) is 17.9 Å². The van der Waals surface area contributed by atoms with Gasteiger partial charge in [0.25, 0.3) is 0 Å². The molecule has 0 spiro atoms. The molecule has 0 radical (unpaired) electrons. The lowest BCUT2D eigenvalue weighted by atomic mass is 9.97. The lowest BCUT2D eigenvalue weighted by Crippen LogP contribution is -2.01. The third-order valence-electron chi connectivity index (χ3n) is 2.88. The average Bonchev–Trinajstić information content (AvgIpc) is 2.50. The molecule has 0 atom stereocenters.